The summed E-state index contributed by atoms with van der Waals surface area (Å²) in [5.41, 5.74) is 0. The SMILES string of the molecule is Cc1ncc(CSc2nnnn2CCO)s1. The molecule has 0 spiro atoms. The van der Waals surface area contributed by atoms with Gasteiger partial charge in [0.15, 0.2) is 0 Å². The summed E-state index contributed by atoms with van der Waals surface area (Å²) >= 11 is 3.22. The molecule has 0 aliphatic heterocycles. The van der Waals surface area contributed by atoms with Crippen LogP contribution in [0.25, 0.3) is 0 Å². The maximum absolute atomic E-state index is 8.82. The van der Waals surface area contributed by atoms with Crippen molar-refractivity contribution in [2.45, 2.75) is 24.4 Å². The number of aromatic nitrogens is 5. The van der Waals surface area contributed by atoms with E-state index in [2.05, 4.69) is 20.5 Å². The number of aliphatic hydroxyl groups excluding tert-OH is 1. The molecule has 0 saturated heterocycles. The molecule has 6 nitrogen and oxygen atoms in total. The van der Waals surface area contributed by atoms with Crippen molar-refractivity contribution in [2.75, 3.05) is 6.61 Å². The van der Waals surface area contributed by atoms with Crippen molar-refractivity contribution < 1.29 is 5.11 Å². The second-order valence-electron chi connectivity index (χ2n) is 3.04. The van der Waals surface area contributed by atoms with Crippen molar-refractivity contribution in [1.82, 2.24) is 25.2 Å². The largest absolute Gasteiger partial charge is 0.394 e. The Kier molecular flexibility index (Phi) is 3.86. The minimum Gasteiger partial charge on any atom is -0.394 e. The van der Waals surface area contributed by atoms with Gasteiger partial charge in [-0.15, -0.1) is 16.4 Å². The van der Waals surface area contributed by atoms with E-state index in [1.54, 1.807) is 27.8 Å². The zero-order valence-electron chi connectivity index (χ0n) is 8.70. The lowest BCUT2D eigenvalue weighted by molar-refractivity contribution is 0.262. The Bertz CT molecular complexity index is 455. The minimum atomic E-state index is 0.0399. The van der Waals surface area contributed by atoms with Gasteiger partial charge in [-0.2, -0.15) is 0 Å². The number of aryl methyl sites for hydroxylation is 1. The van der Waals surface area contributed by atoms with Gasteiger partial charge in [-0.25, -0.2) is 9.67 Å². The molecule has 0 aliphatic carbocycles. The third-order valence-corrected chi connectivity index (χ3v) is 3.92. The van der Waals surface area contributed by atoms with Gasteiger partial charge >= 0.3 is 0 Å². The van der Waals surface area contributed by atoms with Gasteiger partial charge in [-0.05, 0) is 17.4 Å². The van der Waals surface area contributed by atoms with Crippen molar-refractivity contribution >= 4 is 23.1 Å². The fourth-order valence-corrected chi connectivity index (χ4v) is 2.86. The number of nitrogens with zero attached hydrogens (tertiary/aromatic N) is 5. The molecule has 1 N–H and O–H groups in total. The summed E-state index contributed by atoms with van der Waals surface area (Å²) in [5.74, 6) is 0.803. The first kappa shape index (κ1) is 11.5. The second-order valence-corrected chi connectivity index (χ2v) is 5.30. The average Bonchev–Trinajstić information content (AvgIpc) is 2.85. The summed E-state index contributed by atoms with van der Waals surface area (Å²) in [6.45, 7) is 2.45. The number of aliphatic hydroxyl groups is 1. The van der Waals surface area contributed by atoms with E-state index >= 15 is 0 Å². The van der Waals surface area contributed by atoms with Gasteiger partial charge in [0.05, 0.1) is 18.2 Å². The Morgan fingerprint density at radius 2 is 2.44 bits per heavy atom. The highest BCUT2D eigenvalue weighted by atomic mass is 32.2. The van der Waals surface area contributed by atoms with Gasteiger partial charge in [-0.3, -0.25) is 0 Å². The molecular formula is C8H11N5OS2. The van der Waals surface area contributed by atoms with Crippen LogP contribution >= 0.6 is 23.1 Å². The lowest BCUT2D eigenvalue weighted by Gasteiger charge is -2.00. The van der Waals surface area contributed by atoms with E-state index in [0.29, 0.717) is 6.54 Å². The zero-order chi connectivity index (χ0) is 11.4. The topological polar surface area (TPSA) is 76.7 Å². The van der Waals surface area contributed by atoms with Crippen LogP contribution in [0.5, 0.6) is 0 Å². The first-order valence-electron chi connectivity index (χ1n) is 4.70. The fraction of sp³-hybridized carbons (Fsp3) is 0.500. The van der Waals surface area contributed by atoms with Gasteiger partial charge in [0.25, 0.3) is 0 Å². The minimum absolute atomic E-state index is 0.0399. The maximum atomic E-state index is 8.82. The number of tetrazole rings is 1. The summed E-state index contributed by atoms with van der Waals surface area (Å²) in [7, 11) is 0. The molecule has 2 rings (SSSR count). The number of thioether (sulfide) groups is 1. The molecule has 2 heterocycles. The Morgan fingerprint density at radius 1 is 1.56 bits per heavy atom. The summed E-state index contributed by atoms with van der Waals surface area (Å²) in [5, 5.41) is 21.9. The first-order valence-corrected chi connectivity index (χ1v) is 6.51. The predicted octanol–water partition coefficient (Wildman–Crippen LogP) is 0.723. The summed E-state index contributed by atoms with van der Waals surface area (Å²) in [6, 6.07) is 0. The van der Waals surface area contributed by atoms with Crippen LogP contribution in [-0.4, -0.2) is 36.9 Å². The van der Waals surface area contributed by atoms with E-state index in [-0.39, 0.29) is 6.61 Å². The normalized spacial score (nSPS) is 10.9. The number of thiazole rings is 1. The molecule has 16 heavy (non-hydrogen) atoms. The molecule has 0 aliphatic rings. The van der Waals surface area contributed by atoms with Crippen LogP contribution in [0.4, 0.5) is 0 Å². The van der Waals surface area contributed by atoms with Gasteiger partial charge < -0.3 is 5.11 Å². The third kappa shape index (κ3) is 2.77. The highest BCUT2D eigenvalue weighted by Gasteiger charge is 2.07. The lowest BCUT2D eigenvalue weighted by Crippen LogP contribution is -2.05. The molecule has 0 atom stereocenters. The van der Waals surface area contributed by atoms with Gasteiger partial charge in [0.1, 0.15) is 0 Å². The molecule has 0 saturated carbocycles. The summed E-state index contributed by atoms with van der Waals surface area (Å²) < 4.78 is 1.60. The number of hydrogen-bond acceptors (Lipinski definition) is 7. The first-order chi connectivity index (χ1) is 7.79. The lowest BCUT2D eigenvalue weighted by atomic mass is 10.6. The van der Waals surface area contributed by atoms with Gasteiger partial charge in [0, 0.05) is 16.8 Å². The van der Waals surface area contributed by atoms with E-state index < -0.39 is 0 Å². The molecule has 2 aromatic heterocycles. The Morgan fingerprint density at radius 3 is 3.12 bits per heavy atom. The molecule has 2 aromatic rings. The number of hydrogen-bond donors (Lipinski definition) is 1. The molecule has 0 bridgehead atoms. The van der Waals surface area contributed by atoms with Gasteiger partial charge in [-0.1, -0.05) is 11.8 Å². The monoisotopic (exact) mass is 257 g/mol. The third-order valence-electron chi connectivity index (χ3n) is 1.82. The molecule has 86 valence electrons. The highest BCUT2D eigenvalue weighted by Crippen LogP contribution is 2.23. The molecule has 0 unspecified atom stereocenters. The summed E-state index contributed by atoms with van der Waals surface area (Å²) in [6.07, 6.45) is 1.87. The second kappa shape index (κ2) is 5.37. The molecule has 0 amide bonds. The average molecular weight is 257 g/mol. The Balaban J connectivity index is 1.96. The van der Waals surface area contributed by atoms with Crippen LogP contribution in [0, 0.1) is 6.92 Å². The van der Waals surface area contributed by atoms with Crippen molar-refractivity contribution in [3.8, 4) is 0 Å². The Hall–Kier alpha value is -0.990. The predicted molar refractivity (Wildman–Crippen MR) is 61.3 cm³/mol. The molecule has 0 aromatic carbocycles. The van der Waals surface area contributed by atoms with Crippen molar-refractivity contribution in [3.05, 3.63) is 16.1 Å². The van der Waals surface area contributed by atoms with Crippen LogP contribution in [0.15, 0.2) is 11.4 Å². The van der Waals surface area contributed by atoms with Gasteiger partial charge in [0.2, 0.25) is 5.16 Å². The highest BCUT2D eigenvalue weighted by molar-refractivity contribution is 7.98. The van der Waals surface area contributed by atoms with E-state index in [4.69, 9.17) is 5.11 Å². The van der Waals surface area contributed by atoms with Crippen LogP contribution in [0.3, 0.4) is 0 Å². The maximum Gasteiger partial charge on any atom is 0.209 e. The number of rotatable bonds is 5. The quantitative estimate of drug-likeness (QED) is 0.795. The van der Waals surface area contributed by atoms with Crippen molar-refractivity contribution in [3.63, 3.8) is 0 Å². The zero-order valence-corrected chi connectivity index (χ0v) is 10.3. The standard InChI is InChI=1S/C8H11N5OS2/c1-6-9-4-7(16-6)5-15-8-10-11-12-13(8)2-3-14/h4,14H,2-3,5H2,1H3. The Labute approximate surface area is 101 Å². The van der Waals surface area contributed by atoms with E-state index in [1.807, 2.05) is 13.1 Å². The fourth-order valence-electron chi connectivity index (χ4n) is 1.14. The molecule has 8 heteroatoms. The van der Waals surface area contributed by atoms with Crippen LogP contribution in [0.2, 0.25) is 0 Å². The molecular weight excluding hydrogens is 246 g/mol. The van der Waals surface area contributed by atoms with Crippen LogP contribution < -0.4 is 0 Å². The van der Waals surface area contributed by atoms with E-state index in [1.165, 1.54) is 4.88 Å². The van der Waals surface area contributed by atoms with Crippen LogP contribution in [-0.2, 0) is 12.3 Å². The van der Waals surface area contributed by atoms with Crippen molar-refractivity contribution in [1.29, 1.82) is 0 Å². The molecule has 0 fully saturated rings. The van der Waals surface area contributed by atoms with E-state index in [0.717, 1.165) is 15.9 Å². The van der Waals surface area contributed by atoms with Crippen molar-refractivity contribution in [2.24, 2.45) is 0 Å². The summed E-state index contributed by atoms with van der Waals surface area (Å²) in [4.78, 5) is 5.38. The molecule has 0 radical (unpaired) electrons. The van der Waals surface area contributed by atoms with Crippen LogP contribution in [0.1, 0.15) is 9.88 Å². The smallest absolute Gasteiger partial charge is 0.209 e. The van der Waals surface area contributed by atoms with E-state index in [9.17, 15) is 0 Å².